The second kappa shape index (κ2) is 8.67. The van der Waals surface area contributed by atoms with E-state index in [0.717, 1.165) is 57.2 Å². The van der Waals surface area contributed by atoms with Crippen LogP contribution in [0.25, 0.3) is 5.69 Å². The van der Waals surface area contributed by atoms with Crippen molar-refractivity contribution in [3.05, 3.63) is 34.2 Å². The second-order valence-electron chi connectivity index (χ2n) is 8.30. The molecule has 0 amide bonds. The Kier molecular flexibility index (Phi) is 6.01. The molecular weight excluding hydrogens is 368 g/mol. The topological polar surface area (TPSA) is 68.4 Å². The molecule has 1 unspecified atom stereocenters. The molecule has 0 saturated carbocycles. The van der Waals surface area contributed by atoms with Crippen molar-refractivity contribution in [3.8, 4) is 5.69 Å². The first-order chi connectivity index (χ1) is 14.1. The summed E-state index contributed by atoms with van der Waals surface area (Å²) in [5.74, 6) is 0.450. The second-order valence-corrected chi connectivity index (χ2v) is 8.30. The summed E-state index contributed by atoms with van der Waals surface area (Å²) in [5, 5.41) is 8.07. The molecule has 1 aromatic carbocycles. The van der Waals surface area contributed by atoms with E-state index in [2.05, 4.69) is 52.3 Å². The van der Waals surface area contributed by atoms with E-state index >= 15 is 0 Å². The van der Waals surface area contributed by atoms with Gasteiger partial charge in [-0.15, -0.1) is 0 Å². The van der Waals surface area contributed by atoms with Crippen LogP contribution in [0.1, 0.15) is 44.6 Å². The van der Waals surface area contributed by atoms with Gasteiger partial charge in [0.15, 0.2) is 0 Å². The van der Waals surface area contributed by atoms with Crippen LogP contribution in [0.15, 0.2) is 23.0 Å². The maximum absolute atomic E-state index is 12.6. The van der Waals surface area contributed by atoms with Gasteiger partial charge < -0.3 is 9.64 Å². The Labute approximate surface area is 172 Å². The first-order valence-electron chi connectivity index (χ1n) is 10.8. The molecule has 8 heteroatoms. The highest BCUT2D eigenvalue weighted by atomic mass is 16.5. The number of aryl methyl sites for hydroxylation is 1. The van der Waals surface area contributed by atoms with Crippen molar-refractivity contribution in [1.82, 2.24) is 24.7 Å². The number of piperazine rings is 1. The lowest BCUT2D eigenvalue weighted by Gasteiger charge is -2.43. The average molecular weight is 401 g/mol. The molecule has 0 aliphatic carbocycles. The quantitative estimate of drug-likeness (QED) is 0.706. The Balaban J connectivity index is 1.62. The number of hydrogen-bond acceptors (Lipinski definition) is 6. The number of nitrogens with zero attached hydrogens (tertiary/aromatic N) is 6. The molecule has 1 aromatic heterocycles. The molecule has 0 spiro atoms. The molecule has 2 saturated heterocycles. The summed E-state index contributed by atoms with van der Waals surface area (Å²) >= 11 is 0. The van der Waals surface area contributed by atoms with Crippen LogP contribution >= 0.6 is 0 Å². The van der Waals surface area contributed by atoms with E-state index in [-0.39, 0.29) is 5.69 Å². The van der Waals surface area contributed by atoms with E-state index in [1.807, 2.05) is 0 Å². The molecule has 2 aliphatic heterocycles. The zero-order valence-corrected chi connectivity index (χ0v) is 17.8. The average Bonchev–Trinajstić information content (AvgIpc) is 3.03. The van der Waals surface area contributed by atoms with E-state index < -0.39 is 0 Å². The van der Waals surface area contributed by atoms with Gasteiger partial charge >= 0.3 is 5.69 Å². The Morgan fingerprint density at radius 3 is 2.48 bits per heavy atom. The minimum Gasteiger partial charge on any atom is -0.378 e. The summed E-state index contributed by atoms with van der Waals surface area (Å²) in [5.41, 5.74) is 2.93. The van der Waals surface area contributed by atoms with Crippen molar-refractivity contribution in [2.75, 3.05) is 44.3 Å². The Hall–Kier alpha value is -2.19. The Bertz CT molecular complexity index is 880. The zero-order valence-electron chi connectivity index (χ0n) is 17.8. The van der Waals surface area contributed by atoms with Crippen molar-refractivity contribution in [1.29, 1.82) is 0 Å². The van der Waals surface area contributed by atoms with Crippen LogP contribution in [0.5, 0.6) is 0 Å². The van der Waals surface area contributed by atoms with Gasteiger partial charge in [-0.1, -0.05) is 32.8 Å². The molecular formula is C21H32N6O2. The summed E-state index contributed by atoms with van der Waals surface area (Å²) < 4.78 is 8.07. The molecule has 2 fully saturated rings. The van der Waals surface area contributed by atoms with Crippen molar-refractivity contribution in [2.24, 2.45) is 7.05 Å². The van der Waals surface area contributed by atoms with Gasteiger partial charge in [0.2, 0.25) is 0 Å². The van der Waals surface area contributed by atoms with Crippen LogP contribution < -0.4 is 10.6 Å². The molecule has 2 aliphatic rings. The first-order valence-corrected chi connectivity index (χ1v) is 10.8. The van der Waals surface area contributed by atoms with E-state index in [1.54, 1.807) is 7.05 Å². The Morgan fingerprint density at radius 1 is 1.14 bits per heavy atom. The number of ether oxygens (including phenoxy) is 1. The molecule has 8 nitrogen and oxygen atoms in total. The van der Waals surface area contributed by atoms with Crippen LogP contribution in [0, 0.1) is 0 Å². The van der Waals surface area contributed by atoms with Crippen LogP contribution in [0.2, 0.25) is 0 Å². The molecule has 0 N–H and O–H groups in total. The van der Waals surface area contributed by atoms with Gasteiger partial charge in [0.05, 0.1) is 30.6 Å². The minimum absolute atomic E-state index is 0.213. The van der Waals surface area contributed by atoms with Crippen LogP contribution in [-0.2, 0) is 11.8 Å². The highest BCUT2D eigenvalue weighted by Gasteiger charge is 2.30. The van der Waals surface area contributed by atoms with Gasteiger partial charge in [-0.2, -0.15) is 9.36 Å². The highest BCUT2D eigenvalue weighted by Crippen LogP contribution is 2.30. The van der Waals surface area contributed by atoms with Crippen LogP contribution in [-0.4, -0.2) is 70.1 Å². The van der Waals surface area contributed by atoms with Crippen molar-refractivity contribution >= 4 is 5.69 Å². The van der Waals surface area contributed by atoms with Crippen molar-refractivity contribution in [2.45, 2.75) is 45.1 Å². The molecule has 29 heavy (non-hydrogen) atoms. The number of tetrazole rings is 1. The lowest BCUT2D eigenvalue weighted by molar-refractivity contribution is -0.0660. The summed E-state index contributed by atoms with van der Waals surface area (Å²) in [6, 6.07) is 7.09. The van der Waals surface area contributed by atoms with E-state index in [4.69, 9.17) is 4.74 Å². The fraction of sp³-hybridized carbons (Fsp3) is 0.667. The summed E-state index contributed by atoms with van der Waals surface area (Å²) in [7, 11) is 1.64. The monoisotopic (exact) mass is 400 g/mol. The van der Waals surface area contributed by atoms with Crippen LogP contribution in [0.3, 0.4) is 0 Å². The van der Waals surface area contributed by atoms with Gasteiger partial charge in [-0.25, -0.2) is 4.79 Å². The normalized spacial score (nSPS) is 19.3. The standard InChI is InChI=1S/C21H32N6O2/c1-4-5-6-16(2)17-7-8-19(20(13-17)27-21(28)24(3)22-23-27)26-11-9-25(10-12-26)18-14-29-15-18/h7-8,13,16,18H,4-6,9-12,14-15H2,1-3H3. The van der Waals surface area contributed by atoms with Gasteiger partial charge in [-0.3, -0.25) is 4.90 Å². The number of benzene rings is 1. The fourth-order valence-corrected chi connectivity index (χ4v) is 4.19. The van der Waals surface area contributed by atoms with Crippen molar-refractivity contribution in [3.63, 3.8) is 0 Å². The molecule has 2 aromatic rings. The molecule has 158 valence electrons. The third kappa shape index (κ3) is 4.09. The third-order valence-electron chi connectivity index (χ3n) is 6.30. The maximum atomic E-state index is 12.6. The van der Waals surface area contributed by atoms with Crippen LogP contribution in [0.4, 0.5) is 5.69 Å². The van der Waals surface area contributed by atoms with Gasteiger partial charge in [0, 0.05) is 33.2 Å². The van der Waals surface area contributed by atoms with E-state index in [0.29, 0.717) is 12.0 Å². The molecule has 3 heterocycles. The highest BCUT2D eigenvalue weighted by molar-refractivity contribution is 5.64. The number of hydrogen-bond donors (Lipinski definition) is 0. The number of anilines is 1. The minimum atomic E-state index is -0.213. The van der Waals surface area contributed by atoms with E-state index in [1.165, 1.54) is 27.8 Å². The summed E-state index contributed by atoms with van der Waals surface area (Å²) in [4.78, 5) is 17.5. The SMILES string of the molecule is CCCCC(C)c1ccc(N2CCN(C3COC3)CC2)c(-n2nnn(C)c2=O)c1. The summed E-state index contributed by atoms with van der Waals surface area (Å²) in [6.45, 7) is 10.1. The zero-order chi connectivity index (χ0) is 20.4. The largest absolute Gasteiger partial charge is 0.378 e. The molecule has 0 bridgehead atoms. The molecule has 0 radical (unpaired) electrons. The number of aromatic nitrogens is 4. The molecule has 4 rings (SSSR count). The lowest BCUT2D eigenvalue weighted by Crippen LogP contribution is -2.56. The van der Waals surface area contributed by atoms with Gasteiger partial charge in [0.1, 0.15) is 0 Å². The van der Waals surface area contributed by atoms with Gasteiger partial charge in [-0.05, 0) is 40.5 Å². The number of rotatable bonds is 7. The first kappa shape index (κ1) is 20.1. The van der Waals surface area contributed by atoms with Gasteiger partial charge in [0.25, 0.3) is 0 Å². The lowest BCUT2D eigenvalue weighted by atomic mass is 9.94. The van der Waals surface area contributed by atoms with Crippen molar-refractivity contribution < 1.29 is 4.74 Å². The Morgan fingerprint density at radius 2 is 1.90 bits per heavy atom. The predicted octanol–water partition coefficient (Wildman–Crippen LogP) is 1.78. The maximum Gasteiger partial charge on any atom is 0.368 e. The smallest absolute Gasteiger partial charge is 0.368 e. The number of unbranched alkanes of at least 4 members (excludes halogenated alkanes) is 1. The summed E-state index contributed by atoms with van der Waals surface area (Å²) in [6.07, 6.45) is 3.54. The fourth-order valence-electron chi connectivity index (χ4n) is 4.19. The molecule has 1 atom stereocenters. The third-order valence-corrected chi connectivity index (χ3v) is 6.30. The van der Waals surface area contributed by atoms with E-state index in [9.17, 15) is 4.79 Å². The predicted molar refractivity (Wildman–Crippen MR) is 113 cm³/mol.